The third kappa shape index (κ3) is 7.30. The van der Waals surface area contributed by atoms with E-state index in [0.29, 0.717) is 0 Å². The van der Waals surface area contributed by atoms with E-state index in [2.05, 4.69) is 37.8 Å². The van der Waals surface area contributed by atoms with Crippen molar-refractivity contribution < 1.29 is 0 Å². The zero-order valence-corrected chi connectivity index (χ0v) is 13.9. The van der Waals surface area contributed by atoms with Gasteiger partial charge in [-0.1, -0.05) is 39.4 Å². The molecule has 0 spiro atoms. The first-order valence-corrected chi connectivity index (χ1v) is 12.3. The average molecular weight is 272 g/mol. The van der Waals surface area contributed by atoms with Gasteiger partial charge >= 0.3 is 0 Å². The summed E-state index contributed by atoms with van der Waals surface area (Å²) in [5, 5.41) is 0.865. The Morgan fingerprint density at radius 2 is 2.06 bits per heavy atom. The maximum atomic E-state index is 4.83. The van der Waals surface area contributed by atoms with Crippen molar-refractivity contribution in [2.24, 2.45) is 4.99 Å². The molecular weight excluding hydrogens is 242 g/mol. The minimum Gasteiger partial charge on any atom is -0.294 e. The Morgan fingerprint density at radius 3 is 2.71 bits per heavy atom. The number of unbranched alkanes of at least 4 members (excludes halogenated alkanes) is 1. The van der Waals surface area contributed by atoms with E-state index in [1.807, 2.05) is 0 Å². The third-order valence-electron chi connectivity index (χ3n) is 3.07. The molecule has 1 unspecified atom stereocenters. The second-order valence-corrected chi connectivity index (χ2v) is 15.6. The number of hydrogen-bond donors (Lipinski definition) is 0. The van der Waals surface area contributed by atoms with Crippen LogP contribution in [0.2, 0.25) is 19.6 Å². The van der Waals surface area contributed by atoms with Gasteiger partial charge in [-0.2, -0.15) is 11.2 Å². The van der Waals surface area contributed by atoms with Crippen LogP contribution in [0.3, 0.4) is 0 Å². The Bertz CT molecular complexity index is 245. The van der Waals surface area contributed by atoms with Crippen molar-refractivity contribution in [3.63, 3.8) is 0 Å². The quantitative estimate of drug-likeness (QED) is 0.384. The summed E-state index contributed by atoms with van der Waals surface area (Å²) in [6.45, 7) is 10.7. The Kier molecular flexibility index (Phi) is 6.86. The van der Waals surface area contributed by atoms with Gasteiger partial charge in [-0.05, 0) is 32.1 Å². The van der Waals surface area contributed by atoms with Gasteiger partial charge in [0.25, 0.3) is 0 Å². The minimum absolute atomic E-state index is 0.865. The van der Waals surface area contributed by atoms with Crippen LogP contribution in [0.5, 0.6) is 0 Å². The summed E-state index contributed by atoms with van der Waals surface area (Å²) in [6, 6.07) is 0. The number of aliphatic imine (C=N–C) groups is 1. The van der Waals surface area contributed by atoms with Crippen LogP contribution in [0.4, 0.5) is 0 Å². The maximum Gasteiger partial charge on any atom is 0.108 e. The van der Waals surface area contributed by atoms with Crippen LogP contribution in [0, 0.1) is 0 Å². The summed E-state index contributed by atoms with van der Waals surface area (Å²) in [5.74, 6) is 0. The molecule has 1 aliphatic carbocycles. The van der Waals surface area contributed by atoms with E-state index in [0.717, 1.165) is 11.8 Å². The van der Waals surface area contributed by atoms with Gasteiger partial charge in [-0.25, -0.2) is 0 Å². The van der Waals surface area contributed by atoms with Crippen LogP contribution < -0.4 is 0 Å². The highest BCUT2D eigenvalue weighted by molar-refractivity contribution is 8.29. The summed E-state index contributed by atoms with van der Waals surface area (Å²) in [5.41, 5.74) is 1.52. The molecule has 0 amide bonds. The van der Waals surface area contributed by atoms with E-state index in [1.54, 1.807) is 0 Å². The molecule has 0 saturated heterocycles. The highest BCUT2D eigenvalue weighted by Gasteiger charge is 2.23. The monoisotopic (exact) mass is 271 g/mol. The van der Waals surface area contributed by atoms with E-state index in [-0.39, 0.29) is 0 Å². The Labute approximate surface area is 113 Å². The third-order valence-corrected chi connectivity index (χ3v) is 7.64. The molecule has 100 valence electrons. The number of rotatable bonds is 5. The van der Waals surface area contributed by atoms with Gasteiger partial charge < -0.3 is 0 Å². The van der Waals surface area contributed by atoms with Gasteiger partial charge in [-0.3, -0.25) is 4.99 Å². The normalized spacial score (nSPS) is 24.9. The van der Waals surface area contributed by atoms with E-state index < -0.39 is 7.22 Å². The molecule has 0 N–H and O–H groups in total. The van der Waals surface area contributed by atoms with Gasteiger partial charge in [-0.15, -0.1) is 0 Å². The zero-order valence-electron chi connectivity index (χ0n) is 12.1. The van der Waals surface area contributed by atoms with E-state index in [1.165, 1.54) is 50.7 Å². The van der Waals surface area contributed by atoms with E-state index in [4.69, 9.17) is 4.99 Å². The fraction of sp³-hybridized carbons (Fsp3) is 0.929. The Hall–Kier alpha value is 0.237. The highest BCUT2D eigenvalue weighted by atomic mass is 32.4. The standard InChI is InChI=1S/C14H29NSSi/c1-5-6-11-15-13-9-7-8-10-14(12-13)16-17(2,3)4/h14H,5-12H2,1-4H3/b15-13+. The van der Waals surface area contributed by atoms with Crippen molar-refractivity contribution in [3.8, 4) is 0 Å². The predicted octanol–water partition coefficient (Wildman–Crippen LogP) is 5.13. The summed E-state index contributed by atoms with van der Waals surface area (Å²) in [7, 11) is -0.973. The molecule has 0 bridgehead atoms. The van der Waals surface area contributed by atoms with Crippen LogP contribution in [-0.4, -0.2) is 24.7 Å². The summed E-state index contributed by atoms with van der Waals surface area (Å²) in [6.07, 6.45) is 9.27. The molecule has 0 aliphatic heterocycles. The lowest BCUT2D eigenvalue weighted by Crippen LogP contribution is -2.21. The molecular formula is C14H29NSSi. The number of nitrogens with zero attached hydrogens (tertiary/aromatic N) is 1. The first-order valence-electron chi connectivity index (χ1n) is 7.21. The summed E-state index contributed by atoms with van der Waals surface area (Å²) in [4.78, 5) is 4.83. The molecule has 3 heteroatoms. The maximum absolute atomic E-state index is 4.83. The SMILES string of the molecule is CCCC/N=C1\CCCCC(S[Si](C)(C)C)C1. The average Bonchev–Trinajstić information content (AvgIpc) is 2.41. The van der Waals surface area contributed by atoms with Crippen LogP contribution in [-0.2, 0) is 0 Å². The van der Waals surface area contributed by atoms with Crippen LogP contribution in [0.25, 0.3) is 0 Å². The van der Waals surface area contributed by atoms with E-state index >= 15 is 0 Å². The molecule has 1 nitrogen and oxygen atoms in total. The molecule has 1 saturated carbocycles. The Morgan fingerprint density at radius 1 is 1.29 bits per heavy atom. The first-order chi connectivity index (χ1) is 8.01. The van der Waals surface area contributed by atoms with Crippen molar-refractivity contribution in [1.82, 2.24) is 0 Å². The van der Waals surface area contributed by atoms with Crippen molar-refractivity contribution in [3.05, 3.63) is 0 Å². The first kappa shape index (κ1) is 15.3. The minimum atomic E-state index is -0.973. The summed E-state index contributed by atoms with van der Waals surface area (Å²) < 4.78 is 0. The van der Waals surface area contributed by atoms with Gasteiger partial charge in [0, 0.05) is 17.5 Å². The zero-order chi connectivity index (χ0) is 12.7. The van der Waals surface area contributed by atoms with E-state index in [9.17, 15) is 0 Å². The van der Waals surface area contributed by atoms with Crippen LogP contribution in [0.1, 0.15) is 51.9 Å². The molecule has 1 fully saturated rings. The fourth-order valence-corrected chi connectivity index (χ4v) is 7.47. The predicted molar refractivity (Wildman–Crippen MR) is 85.0 cm³/mol. The molecule has 0 aromatic rings. The second-order valence-electron chi connectivity index (χ2n) is 6.10. The lowest BCUT2D eigenvalue weighted by molar-refractivity contribution is 0.714. The molecule has 0 heterocycles. The van der Waals surface area contributed by atoms with Crippen molar-refractivity contribution in [2.45, 2.75) is 76.8 Å². The second kappa shape index (κ2) is 7.62. The lowest BCUT2D eigenvalue weighted by atomic mass is 10.2. The molecule has 17 heavy (non-hydrogen) atoms. The molecule has 1 atom stereocenters. The molecule has 0 radical (unpaired) electrons. The van der Waals surface area contributed by atoms with Gasteiger partial charge in [0.15, 0.2) is 0 Å². The van der Waals surface area contributed by atoms with Crippen molar-refractivity contribution >= 4 is 24.1 Å². The largest absolute Gasteiger partial charge is 0.294 e. The molecule has 1 aliphatic rings. The summed E-state index contributed by atoms with van der Waals surface area (Å²) >= 11 is 2.29. The fourth-order valence-electron chi connectivity index (χ4n) is 2.31. The molecule has 0 aromatic heterocycles. The van der Waals surface area contributed by atoms with Gasteiger partial charge in [0.05, 0.1) is 0 Å². The van der Waals surface area contributed by atoms with Crippen LogP contribution in [0.15, 0.2) is 4.99 Å². The Balaban J connectivity index is 2.48. The number of hydrogen-bond acceptors (Lipinski definition) is 2. The smallest absolute Gasteiger partial charge is 0.108 e. The van der Waals surface area contributed by atoms with Crippen molar-refractivity contribution in [2.75, 3.05) is 6.54 Å². The van der Waals surface area contributed by atoms with Crippen LogP contribution >= 0.6 is 11.2 Å². The lowest BCUT2D eigenvalue weighted by Gasteiger charge is -2.23. The van der Waals surface area contributed by atoms with Gasteiger partial charge in [0.1, 0.15) is 7.22 Å². The van der Waals surface area contributed by atoms with Gasteiger partial charge in [0.2, 0.25) is 0 Å². The molecule has 1 rings (SSSR count). The topological polar surface area (TPSA) is 12.4 Å². The van der Waals surface area contributed by atoms with Crippen molar-refractivity contribution in [1.29, 1.82) is 0 Å². The highest BCUT2D eigenvalue weighted by Crippen LogP contribution is 2.32. The molecule has 0 aromatic carbocycles.